The van der Waals surface area contributed by atoms with Crippen LogP contribution in [0.5, 0.6) is 0 Å². The van der Waals surface area contributed by atoms with Crippen molar-refractivity contribution in [2.24, 2.45) is 11.5 Å². The van der Waals surface area contributed by atoms with Gasteiger partial charge in [0.05, 0.1) is 26.4 Å². The minimum absolute atomic E-state index is 0.0801. The zero-order chi connectivity index (χ0) is 18.6. The third-order valence-electron chi connectivity index (χ3n) is 4.42. The summed E-state index contributed by atoms with van der Waals surface area (Å²) in [4.78, 5) is 14.5. The predicted octanol–water partition coefficient (Wildman–Crippen LogP) is 0.331. The van der Waals surface area contributed by atoms with E-state index in [0.717, 1.165) is 32.5 Å². The lowest BCUT2D eigenvalue weighted by Crippen LogP contribution is -2.39. The molecule has 0 unspecified atom stereocenters. The molecule has 26 heavy (non-hydrogen) atoms. The Bertz CT molecular complexity index is 516. The van der Waals surface area contributed by atoms with Crippen molar-refractivity contribution in [2.45, 2.75) is 25.4 Å². The summed E-state index contributed by atoms with van der Waals surface area (Å²) in [5, 5.41) is 2.86. The van der Waals surface area contributed by atoms with Crippen LogP contribution in [0.25, 0.3) is 0 Å². The Balaban J connectivity index is 1.62. The molecule has 7 nitrogen and oxygen atoms in total. The Labute approximate surface area is 156 Å². The van der Waals surface area contributed by atoms with E-state index in [1.165, 1.54) is 5.56 Å². The number of amides is 1. The fourth-order valence-electron chi connectivity index (χ4n) is 2.87. The molecular formula is C19H32N4O3. The zero-order valence-electron chi connectivity index (χ0n) is 15.5. The van der Waals surface area contributed by atoms with E-state index in [-0.39, 0.29) is 5.91 Å². The molecule has 0 spiro atoms. The number of nitrogens with zero attached hydrogens (tertiary/aromatic N) is 1. The van der Waals surface area contributed by atoms with Crippen LogP contribution >= 0.6 is 0 Å². The lowest BCUT2D eigenvalue weighted by molar-refractivity contribution is 0.0511. The highest BCUT2D eigenvalue weighted by atomic mass is 16.5. The number of nitrogens with one attached hydrogen (secondary N) is 1. The van der Waals surface area contributed by atoms with Crippen molar-refractivity contribution in [3.63, 3.8) is 0 Å². The Kier molecular flexibility index (Phi) is 9.58. The van der Waals surface area contributed by atoms with Gasteiger partial charge in [-0.25, -0.2) is 0 Å². The monoisotopic (exact) mass is 364 g/mol. The summed E-state index contributed by atoms with van der Waals surface area (Å²) in [6, 6.07) is 8.15. The lowest BCUT2D eigenvalue weighted by Gasteiger charge is -2.30. The van der Waals surface area contributed by atoms with Gasteiger partial charge in [-0.15, -0.1) is 0 Å². The molecule has 1 saturated heterocycles. The van der Waals surface area contributed by atoms with Crippen molar-refractivity contribution < 1.29 is 14.3 Å². The largest absolute Gasteiger partial charge is 0.378 e. The summed E-state index contributed by atoms with van der Waals surface area (Å²) in [6.07, 6.45) is 2.11. The van der Waals surface area contributed by atoms with Crippen LogP contribution in [0.15, 0.2) is 24.3 Å². The van der Waals surface area contributed by atoms with Gasteiger partial charge in [0.1, 0.15) is 0 Å². The van der Waals surface area contributed by atoms with Gasteiger partial charge >= 0.3 is 0 Å². The van der Waals surface area contributed by atoms with Gasteiger partial charge in [-0.2, -0.15) is 0 Å². The number of carbonyl (C=O) groups excluding carboxylic acids is 1. The van der Waals surface area contributed by atoms with Gasteiger partial charge in [0.25, 0.3) is 5.91 Å². The molecule has 0 saturated carbocycles. The molecule has 2 rings (SSSR count). The van der Waals surface area contributed by atoms with Gasteiger partial charge in [-0.05, 0) is 43.6 Å². The highest BCUT2D eigenvalue weighted by molar-refractivity contribution is 5.94. The fourth-order valence-corrected chi connectivity index (χ4v) is 2.87. The molecule has 0 radical (unpaired) electrons. The Morgan fingerprint density at radius 2 is 1.73 bits per heavy atom. The maximum absolute atomic E-state index is 12.1. The first kappa shape index (κ1) is 20.8. The van der Waals surface area contributed by atoms with E-state index in [0.29, 0.717) is 51.1 Å². The number of hydrogen-bond acceptors (Lipinski definition) is 6. The summed E-state index contributed by atoms with van der Waals surface area (Å²) in [5.74, 6) is -0.0801. The van der Waals surface area contributed by atoms with Gasteiger partial charge in [0, 0.05) is 31.2 Å². The Hall–Kier alpha value is -1.51. The first-order valence-electron chi connectivity index (χ1n) is 9.39. The van der Waals surface area contributed by atoms with Crippen LogP contribution in [-0.4, -0.2) is 69.5 Å². The lowest BCUT2D eigenvalue weighted by atomic mass is 10.0. The van der Waals surface area contributed by atoms with Crippen LogP contribution in [0.1, 0.15) is 28.8 Å². The van der Waals surface area contributed by atoms with E-state index in [9.17, 15) is 4.79 Å². The van der Waals surface area contributed by atoms with Crippen LogP contribution in [0.2, 0.25) is 0 Å². The van der Waals surface area contributed by atoms with Gasteiger partial charge < -0.3 is 26.3 Å². The molecule has 0 bridgehead atoms. The quantitative estimate of drug-likeness (QED) is 0.489. The fraction of sp³-hybridized carbons (Fsp3) is 0.632. The second-order valence-electron chi connectivity index (χ2n) is 6.58. The predicted molar refractivity (Wildman–Crippen MR) is 102 cm³/mol. The van der Waals surface area contributed by atoms with Gasteiger partial charge in [-0.1, -0.05) is 12.1 Å². The van der Waals surface area contributed by atoms with Crippen molar-refractivity contribution >= 4 is 5.91 Å². The number of likely N-dealkylation sites (tertiary alicyclic amines) is 1. The van der Waals surface area contributed by atoms with Crippen molar-refractivity contribution in [3.8, 4) is 0 Å². The first-order valence-corrected chi connectivity index (χ1v) is 9.39. The Morgan fingerprint density at radius 1 is 1.08 bits per heavy atom. The molecule has 1 heterocycles. The van der Waals surface area contributed by atoms with E-state index in [4.69, 9.17) is 20.9 Å². The molecule has 1 amide bonds. The highest BCUT2D eigenvalue weighted by Crippen LogP contribution is 2.13. The maximum atomic E-state index is 12.1. The van der Waals surface area contributed by atoms with E-state index in [1.54, 1.807) is 0 Å². The summed E-state index contributed by atoms with van der Waals surface area (Å²) < 4.78 is 10.6. The molecule has 0 aliphatic carbocycles. The van der Waals surface area contributed by atoms with E-state index in [1.807, 2.05) is 24.3 Å². The standard InChI is InChI=1S/C19H32N4O3/c20-7-11-25-13-14-26-12-8-22-19(24)17-3-1-16(2-4-17)15-23-9-5-18(21)6-10-23/h1-4,18H,5-15,20-21H2,(H,22,24). The van der Waals surface area contributed by atoms with Crippen LogP contribution in [0.4, 0.5) is 0 Å². The molecule has 1 aliphatic rings. The van der Waals surface area contributed by atoms with Crippen LogP contribution in [0, 0.1) is 0 Å². The molecule has 1 aromatic carbocycles. The van der Waals surface area contributed by atoms with E-state index in [2.05, 4.69) is 10.2 Å². The number of benzene rings is 1. The van der Waals surface area contributed by atoms with Crippen molar-refractivity contribution in [3.05, 3.63) is 35.4 Å². The zero-order valence-corrected chi connectivity index (χ0v) is 15.5. The van der Waals surface area contributed by atoms with Gasteiger partial charge in [0.2, 0.25) is 0 Å². The highest BCUT2D eigenvalue weighted by Gasteiger charge is 2.16. The van der Waals surface area contributed by atoms with Crippen molar-refractivity contribution in [2.75, 3.05) is 52.6 Å². The molecule has 7 heteroatoms. The number of carbonyl (C=O) groups is 1. The van der Waals surface area contributed by atoms with Crippen LogP contribution < -0.4 is 16.8 Å². The second kappa shape index (κ2) is 12.0. The average molecular weight is 364 g/mol. The minimum atomic E-state index is -0.0801. The molecule has 1 aliphatic heterocycles. The third kappa shape index (κ3) is 7.80. The third-order valence-corrected chi connectivity index (χ3v) is 4.42. The average Bonchev–Trinajstić information content (AvgIpc) is 2.66. The second-order valence-corrected chi connectivity index (χ2v) is 6.58. The molecule has 1 fully saturated rings. The van der Waals surface area contributed by atoms with Crippen LogP contribution in [0.3, 0.4) is 0 Å². The smallest absolute Gasteiger partial charge is 0.251 e. The molecule has 5 N–H and O–H groups in total. The summed E-state index contributed by atoms with van der Waals surface area (Å²) >= 11 is 0. The number of piperidine rings is 1. The molecule has 146 valence electrons. The number of nitrogens with two attached hydrogens (primary N) is 2. The first-order chi connectivity index (χ1) is 12.7. The minimum Gasteiger partial charge on any atom is -0.378 e. The summed E-state index contributed by atoms with van der Waals surface area (Å²) in [5.41, 5.74) is 13.1. The van der Waals surface area contributed by atoms with Crippen molar-refractivity contribution in [1.29, 1.82) is 0 Å². The molecule has 1 aromatic rings. The Morgan fingerprint density at radius 3 is 2.38 bits per heavy atom. The summed E-state index contributed by atoms with van der Waals surface area (Å²) in [7, 11) is 0. The number of ether oxygens (including phenoxy) is 2. The normalized spacial score (nSPS) is 15.9. The topological polar surface area (TPSA) is 103 Å². The molecular weight excluding hydrogens is 332 g/mol. The van der Waals surface area contributed by atoms with E-state index >= 15 is 0 Å². The van der Waals surface area contributed by atoms with Crippen LogP contribution in [-0.2, 0) is 16.0 Å². The SMILES string of the molecule is NCCOCCOCCNC(=O)c1ccc(CN2CCC(N)CC2)cc1. The number of rotatable bonds is 11. The number of hydrogen-bond donors (Lipinski definition) is 3. The maximum Gasteiger partial charge on any atom is 0.251 e. The van der Waals surface area contributed by atoms with Gasteiger partial charge in [-0.3, -0.25) is 9.69 Å². The van der Waals surface area contributed by atoms with E-state index < -0.39 is 0 Å². The molecule has 0 aromatic heterocycles. The van der Waals surface area contributed by atoms with Crippen molar-refractivity contribution in [1.82, 2.24) is 10.2 Å². The molecule has 0 atom stereocenters. The summed E-state index contributed by atoms with van der Waals surface area (Å²) in [6.45, 7) is 6.03. The van der Waals surface area contributed by atoms with Gasteiger partial charge in [0.15, 0.2) is 0 Å².